The molecule has 0 saturated heterocycles. The molecule has 0 fully saturated rings. The van der Waals surface area contributed by atoms with E-state index in [4.69, 9.17) is 4.42 Å². The van der Waals surface area contributed by atoms with E-state index in [2.05, 4.69) is 9.98 Å². The van der Waals surface area contributed by atoms with E-state index in [1.54, 1.807) is 6.20 Å². The number of aromatic nitrogens is 2. The van der Waals surface area contributed by atoms with Crippen LogP contribution in [0.25, 0.3) is 11.3 Å². The first kappa shape index (κ1) is 15.4. The van der Waals surface area contributed by atoms with Crippen molar-refractivity contribution in [1.29, 1.82) is 0 Å². The van der Waals surface area contributed by atoms with Crippen LogP contribution in [0.15, 0.2) is 51.4 Å². The highest BCUT2D eigenvalue weighted by molar-refractivity contribution is 7.07. The van der Waals surface area contributed by atoms with Gasteiger partial charge in [-0.2, -0.15) is 4.99 Å². The minimum atomic E-state index is -0.168. The quantitative estimate of drug-likeness (QED) is 0.740. The minimum absolute atomic E-state index is 0.168. The van der Waals surface area contributed by atoms with Gasteiger partial charge in [-0.1, -0.05) is 29.8 Å². The standard InChI is InChI=1S/C17H17N3O2S/c1-12-3-5-13(6-4-12)14-11-18-16(22-14)8-7-15(21)19-17-20(2)9-10-23-17/h3-6,9-11H,7-8H2,1-2H3. The number of aryl methyl sites for hydroxylation is 3. The Morgan fingerprint density at radius 3 is 2.83 bits per heavy atom. The molecule has 23 heavy (non-hydrogen) atoms. The van der Waals surface area contributed by atoms with E-state index < -0.39 is 0 Å². The van der Waals surface area contributed by atoms with E-state index in [0.717, 1.165) is 5.56 Å². The van der Waals surface area contributed by atoms with Gasteiger partial charge in [-0.25, -0.2) is 4.98 Å². The molecule has 118 valence electrons. The first-order chi connectivity index (χ1) is 11.1. The molecule has 0 unspecified atom stereocenters. The summed E-state index contributed by atoms with van der Waals surface area (Å²) in [6.07, 6.45) is 4.30. The van der Waals surface area contributed by atoms with E-state index in [-0.39, 0.29) is 12.3 Å². The second-order valence-corrected chi connectivity index (χ2v) is 6.16. The molecule has 0 aliphatic rings. The van der Waals surface area contributed by atoms with Crippen molar-refractivity contribution < 1.29 is 9.21 Å². The third-order valence-corrected chi connectivity index (χ3v) is 4.27. The predicted molar refractivity (Wildman–Crippen MR) is 88.9 cm³/mol. The number of oxazole rings is 1. The number of nitrogens with zero attached hydrogens (tertiary/aromatic N) is 3. The van der Waals surface area contributed by atoms with Crippen LogP contribution in [0.4, 0.5) is 0 Å². The summed E-state index contributed by atoms with van der Waals surface area (Å²) in [6.45, 7) is 2.04. The Labute approximate surface area is 138 Å². The number of carbonyl (C=O) groups excluding carboxylic acids is 1. The van der Waals surface area contributed by atoms with E-state index in [0.29, 0.717) is 22.9 Å². The van der Waals surface area contributed by atoms with Gasteiger partial charge in [0.05, 0.1) is 6.20 Å². The largest absolute Gasteiger partial charge is 0.441 e. The molecule has 3 rings (SSSR count). The maximum atomic E-state index is 11.9. The molecule has 5 nitrogen and oxygen atoms in total. The Hall–Kier alpha value is -2.47. The van der Waals surface area contributed by atoms with Crippen molar-refractivity contribution in [3.05, 3.63) is 58.3 Å². The van der Waals surface area contributed by atoms with Crippen molar-refractivity contribution in [3.8, 4) is 11.3 Å². The average Bonchev–Trinajstić information content (AvgIpc) is 3.16. The molecule has 6 heteroatoms. The lowest BCUT2D eigenvalue weighted by atomic mass is 10.1. The molecular weight excluding hydrogens is 310 g/mol. The highest BCUT2D eigenvalue weighted by Crippen LogP contribution is 2.21. The average molecular weight is 327 g/mol. The summed E-state index contributed by atoms with van der Waals surface area (Å²) in [7, 11) is 1.87. The van der Waals surface area contributed by atoms with Crippen molar-refractivity contribution in [2.75, 3.05) is 0 Å². The molecule has 0 bridgehead atoms. The van der Waals surface area contributed by atoms with Gasteiger partial charge in [-0.3, -0.25) is 4.79 Å². The monoisotopic (exact) mass is 327 g/mol. The summed E-state index contributed by atoms with van der Waals surface area (Å²) in [4.78, 5) is 20.9. The summed E-state index contributed by atoms with van der Waals surface area (Å²) in [5, 5.41) is 1.90. The second kappa shape index (κ2) is 6.75. The fraction of sp³-hybridized carbons (Fsp3) is 0.235. The third kappa shape index (κ3) is 3.84. The zero-order valence-corrected chi connectivity index (χ0v) is 13.8. The minimum Gasteiger partial charge on any atom is -0.441 e. The van der Waals surface area contributed by atoms with Crippen LogP contribution >= 0.6 is 11.3 Å². The predicted octanol–water partition coefficient (Wildman–Crippen LogP) is 3.11. The lowest BCUT2D eigenvalue weighted by Gasteiger charge is -1.97. The summed E-state index contributed by atoms with van der Waals surface area (Å²) in [6, 6.07) is 8.05. The Bertz CT molecular complexity index is 872. The number of carbonyl (C=O) groups is 1. The van der Waals surface area contributed by atoms with Crippen LogP contribution in [-0.4, -0.2) is 15.5 Å². The Balaban J connectivity index is 1.64. The topological polar surface area (TPSA) is 60.4 Å². The molecule has 0 aliphatic carbocycles. The molecular formula is C17H17N3O2S. The maximum Gasteiger partial charge on any atom is 0.248 e. The molecule has 0 N–H and O–H groups in total. The smallest absolute Gasteiger partial charge is 0.248 e. The lowest BCUT2D eigenvalue weighted by molar-refractivity contribution is -0.118. The van der Waals surface area contributed by atoms with Crippen molar-refractivity contribution in [1.82, 2.24) is 9.55 Å². The highest BCUT2D eigenvalue weighted by Gasteiger charge is 2.08. The molecule has 1 aromatic carbocycles. The molecule has 0 radical (unpaired) electrons. The fourth-order valence-electron chi connectivity index (χ4n) is 2.09. The van der Waals surface area contributed by atoms with Crippen LogP contribution in [0.5, 0.6) is 0 Å². The molecule has 1 amide bonds. The highest BCUT2D eigenvalue weighted by atomic mass is 32.1. The van der Waals surface area contributed by atoms with Gasteiger partial charge < -0.3 is 8.98 Å². The number of thiazole rings is 1. The van der Waals surface area contributed by atoms with E-state index in [1.807, 2.05) is 54.4 Å². The molecule has 0 atom stereocenters. The van der Waals surface area contributed by atoms with Crippen LogP contribution in [0.2, 0.25) is 0 Å². The molecule has 0 saturated carbocycles. The van der Waals surface area contributed by atoms with E-state index in [1.165, 1.54) is 16.9 Å². The van der Waals surface area contributed by atoms with Gasteiger partial charge in [0.2, 0.25) is 5.91 Å². The Morgan fingerprint density at radius 2 is 2.13 bits per heavy atom. The van der Waals surface area contributed by atoms with Gasteiger partial charge in [0.1, 0.15) is 0 Å². The maximum absolute atomic E-state index is 11.9. The van der Waals surface area contributed by atoms with Gasteiger partial charge in [0.25, 0.3) is 0 Å². The van der Waals surface area contributed by atoms with Crippen molar-refractivity contribution >= 4 is 17.2 Å². The summed E-state index contributed by atoms with van der Waals surface area (Å²) < 4.78 is 7.53. The SMILES string of the molecule is Cc1ccc(-c2cnc(CCC(=O)N=c3sccn3C)o2)cc1. The fourth-order valence-corrected chi connectivity index (χ4v) is 2.84. The zero-order valence-electron chi connectivity index (χ0n) is 13.0. The molecule has 0 aliphatic heterocycles. The normalized spacial score (nSPS) is 11.8. The van der Waals surface area contributed by atoms with Gasteiger partial charge in [-0.15, -0.1) is 11.3 Å². The first-order valence-corrected chi connectivity index (χ1v) is 8.19. The Kier molecular flexibility index (Phi) is 4.52. The van der Waals surface area contributed by atoms with Gasteiger partial charge in [0.15, 0.2) is 16.5 Å². The first-order valence-electron chi connectivity index (χ1n) is 7.31. The van der Waals surface area contributed by atoms with Crippen LogP contribution < -0.4 is 4.80 Å². The van der Waals surface area contributed by atoms with Crippen LogP contribution in [-0.2, 0) is 18.3 Å². The molecule has 3 aromatic rings. The summed E-state index contributed by atoms with van der Waals surface area (Å²) in [5.74, 6) is 1.10. The molecule has 2 heterocycles. The number of hydrogen-bond acceptors (Lipinski definition) is 4. The van der Waals surface area contributed by atoms with Gasteiger partial charge in [-0.05, 0) is 6.92 Å². The van der Waals surface area contributed by atoms with Gasteiger partial charge >= 0.3 is 0 Å². The zero-order chi connectivity index (χ0) is 16.2. The van der Waals surface area contributed by atoms with Crippen molar-refractivity contribution in [2.24, 2.45) is 12.0 Å². The number of rotatable bonds is 4. The van der Waals surface area contributed by atoms with Crippen molar-refractivity contribution in [3.63, 3.8) is 0 Å². The molecule has 0 spiro atoms. The number of benzene rings is 1. The second-order valence-electron chi connectivity index (χ2n) is 5.29. The number of hydrogen-bond donors (Lipinski definition) is 0. The van der Waals surface area contributed by atoms with E-state index in [9.17, 15) is 4.79 Å². The Morgan fingerprint density at radius 1 is 1.35 bits per heavy atom. The van der Waals surface area contributed by atoms with Crippen molar-refractivity contribution in [2.45, 2.75) is 19.8 Å². The number of amides is 1. The van der Waals surface area contributed by atoms with Crippen LogP contribution in [0.1, 0.15) is 17.9 Å². The third-order valence-electron chi connectivity index (χ3n) is 3.42. The summed E-state index contributed by atoms with van der Waals surface area (Å²) >= 11 is 1.44. The van der Waals surface area contributed by atoms with Gasteiger partial charge in [0, 0.05) is 37.0 Å². The van der Waals surface area contributed by atoms with E-state index >= 15 is 0 Å². The van der Waals surface area contributed by atoms with Crippen LogP contribution in [0, 0.1) is 6.92 Å². The van der Waals surface area contributed by atoms with Crippen LogP contribution in [0.3, 0.4) is 0 Å². The molecule has 2 aromatic heterocycles. The summed E-state index contributed by atoms with van der Waals surface area (Å²) in [5.41, 5.74) is 2.18. The lowest BCUT2D eigenvalue weighted by Crippen LogP contribution is -2.12.